The van der Waals surface area contributed by atoms with Gasteiger partial charge in [-0.25, -0.2) is 0 Å². The van der Waals surface area contributed by atoms with Gasteiger partial charge in [-0.2, -0.15) is 0 Å². The first-order chi connectivity index (χ1) is 15.2. The fourth-order valence-corrected chi connectivity index (χ4v) is 3.69. The highest BCUT2D eigenvalue weighted by Gasteiger charge is 2.30. The quantitative estimate of drug-likeness (QED) is 0.746. The molecule has 0 aliphatic carbocycles. The van der Waals surface area contributed by atoms with E-state index < -0.39 is 0 Å². The van der Waals surface area contributed by atoms with Crippen molar-refractivity contribution in [2.24, 2.45) is 0 Å². The van der Waals surface area contributed by atoms with E-state index in [9.17, 15) is 14.4 Å². The van der Waals surface area contributed by atoms with Gasteiger partial charge < -0.3 is 24.6 Å². The lowest BCUT2D eigenvalue weighted by Gasteiger charge is -2.29. The number of fused-ring (bicyclic) bond motifs is 1. The molecule has 0 spiro atoms. The molecule has 1 aliphatic rings. The Morgan fingerprint density at radius 1 is 1.19 bits per heavy atom. The molecule has 1 atom stereocenters. The third kappa shape index (κ3) is 5.01. The zero-order chi connectivity index (χ0) is 23.4. The number of rotatable bonds is 6. The Labute approximate surface area is 188 Å². The molecule has 170 valence electrons. The molecule has 32 heavy (non-hydrogen) atoms. The van der Waals surface area contributed by atoms with Crippen molar-refractivity contribution in [2.45, 2.75) is 39.3 Å². The highest BCUT2D eigenvalue weighted by Crippen LogP contribution is 2.32. The van der Waals surface area contributed by atoms with E-state index in [0.717, 1.165) is 0 Å². The second kappa shape index (κ2) is 9.72. The second-order valence-corrected chi connectivity index (χ2v) is 8.08. The average molecular weight is 440 g/mol. The molecular formula is C24H29N3O5. The number of carbonyl (C=O) groups excluding carboxylic acids is 3. The lowest BCUT2D eigenvalue weighted by atomic mass is 10.1. The van der Waals surface area contributed by atoms with Crippen molar-refractivity contribution in [1.82, 2.24) is 4.90 Å². The van der Waals surface area contributed by atoms with Crippen LogP contribution < -0.4 is 19.7 Å². The molecule has 1 N–H and O–H groups in total. The van der Waals surface area contributed by atoms with Crippen molar-refractivity contribution in [3.8, 4) is 11.5 Å². The molecule has 3 amide bonds. The fraction of sp³-hybridized carbons (Fsp3) is 0.375. The van der Waals surface area contributed by atoms with Crippen LogP contribution in [-0.2, 0) is 9.59 Å². The number of benzene rings is 2. The van der Waals surface area contributed by atoms with Crippen LogP contribution in [0.1, 0.15) is 37.6 Å². The van der Waals surface area contributed by atoms with Crippen molar-refractivity contribution in [3.05, 3.63) is 48.0 Å². The summed E-state index contributed by atoms with van der Waals surface area (Å²) in [5, 5.41) is 2.83. The highest BCUT2D eigenvalue weighted by molar-refractivity contribution is 6.06. The fourth-order valence-electron chi connectivity index (χ4n) is 3.69. The summed E-state index contributed by atoms with van der Waals surface area (Å²) in [7, 11) is 3.08. The van der Waals surface area contributed by atoms with E-state index >= 15 is 0 Å². The first kappa shape index (κ1) is 23.1. The number of nitrogens with zero attached hydrogens (tertiary/aromatic N) is 2. The van der Waals surface area contributed by atoms with E-state index in [4.69, 9.17) is 9.47 Å². The van der Waals surface area contributed by atoms with Crippen LogP contribution in [-0.4, -0.2) is 55.5 Å². The molecule has 0 bridgehead atoms. The predicted molar refractivity (Wildman–Crippen MR) is 122 cm³/mol. The molecule has 1 heterocycles. The normalized spacial score (nSPS) is 15.5. The number of para-hydroxylation sites is 2. The molecule has 0 saturated heterocycles. The number of ether oxygens (including phenoxy) is 2. The first-order valence-corrected chi connectivity index (χ1v) is 10.5. The lowest BCUT2D eigenvalue weighted by molar-refractivity contribution is -0.119. The van der Waals surface area contributed by atoms with Crippen molar-refractivity contribution >= 4 is 29.1 Å². The third-order valence-corrected chi connectivity index (χ3v) is 5.12. The van der Waals surface area contributed by atoms with Crippen LogP contribution >= 0.6 is 0 Å². The van der Waals surface area contributed by atoms with Crippen molar-refractivity contribution < 1.29 is 23.9 Å². The maximum atomic E-state index is 13.2. The van der Waals surface area contributed by atoms with E-state index in [-0.39, 0.29) is 42.8 Å². The van der Waals surface area contributed by atoms with Crippen LogP contribution in [0.5, 0.6) is 11.5 Å². The van der Waals surface area contributed by atoms with Gasteiger partial charge in [0.1, 0.15) is 6.54 Å². The Balaban J connectivity index is 1.79. The van der Waals surface area contributed by atoms with E-state index in [1.54, 1.807) is 48.3 Å². The van der Waals surface area contributed by atoms with Gasteiger partial charge in [0, 0.05) is 25.1 Å². The van der Waals surface area contributed by atoms with Crippen LogP contribution in [0, 0.1) is 0 Å². The van der Waals surface area contributed by atoms with Gasteiger partial charge in [0.05, 0.1) is 24.6 Å². The minimum absolute atomic E-state index is 0.0365. The summed E-state index contributed by atoms with van der Waals surface area (Å²) in [4.78, 5) is 41.3. The number of nitrogens with one attached hydrogen (secondary N) is 1. The highest BCUT2D eigenvalue weighted by atomic mass is 16.5. The summed E-state index contributed by atoms with van der Waals surface area (Å²) >= 11 is 0. The van der Waals surface area contributed by atoms with Crippen molar-refractivity contribution in [2.75, 3.05) is 30.9 Å². The van der Waals surface area contributed by atoms with Crippen LogP contribution in [0.4, 0.5) is 11.4 Å². The minimum Gasteiger partial charge on any atom is -0.493 e. The first-order valence-electron chi connectivity index (χ1n) is 10.5. The molecule has 3 rings (SSSR count). The van der Waals surface area contributed by atoms with E-state index in [1.165, 1.54) is 12.0 Å². The maximum absolute atomic E-state index is 13.2. The van der Waals surface area contributed by atoms with Crippen LogP contribution in [0.3, 0.4) is 0 Å². The van der Waals surface area contributed by atoms with E-state index in [1.807, 2.05) is 26.8 Å². The monoisotopic (exact) mass is 439 g/mol. The maximum Gasteiger partial charge on any atom is 0.254 e. The standard InChI is InChI=1S/C24H29N3O5/c1-15(2)32-20-11-10-17(13-21(20)31-5)24(30)26(4)14-23(29)27-16(3)12-22(28)25-18-8-6-7-9-19(18)27/h6-11,13,15-16H,12,14H2,1-5H3,(H,25,28)/t16-/m0/s1. The topological polar surface area (TPSA) is 88.2 Å². The number of hydrogen-bond donors (Lipinski definition) is 1. The van der Waals surface area contributed by atoms with Gasteiger partial charge in [-0.3, -0.25) is 14.4 Å². The minimum atomic E-state index is -0.345. The molecule has 0 radical (unpaired) electrons. The van der Waals surface area contributed by atoms with E-state index in [0.29, 0.717) is 28.4 Å². The van der Waals surface area contributed by atoms with Gasteiger partial charge >= 0.3 is 0 Å². The summed E-state index contributed by atoms with van der Waals surface area (Å²) in [6, 6.07) is 11.7. The number of hydrogen-bond acceptors (Lipinski definition) is 5. The molecule has 0 fully saturated rings. The number of amides is 3. The van der Waals surface area contributed by atoms with Crippen LogP contribution in [0.2, 0.25) is 0 Å². The summed E-state index contributed by atoms with van der Waals surface area (Å²) in [5.74, 6) is 0.246. The smallest absolute Gasteiger partial charge is 0.254 e. The average Bonchev–Trinajstić information content (AvgIpc) is 2.87. The Bertz CT molecular complexity index is 1020. The summed E-state index contributed by atoms with van der Waals surface area (Å²) in [6.45, 7) is 5.49. The number of methoxy groups -OCH3 is 1. The Morgan fingerprint density at radius 2 is 1.91 bits per heavy atom. The van der Waals surface area contributed by atoms with Gasteiger partial charge in [-0.05, 0) is 51.1 Å². The Kier molecular flexibility index (Phi) is 7.02. The molecular weight excluding hydrogens is 410 g/mol. The summed E-state index contributed by atoms with van der Waals surface area (Å²) < 4.78 is 11.1. The molecule has 0 saturated carbocycles. The van der Waals surface area contributed by atoms with Crippen LogP contribution in [0.25, 0.3) is 0 Å². The molecule has 8 heteroatoms. The zero-order valence-electron chi connectivity index (χ0n) is 19.0. The molecule has 0 aromatic heterocycles. The Morgan fingerprint density at radius 3 is 2.59 bits per heavy atom. The summed E-state index contributed by atoms with van der Waals surface area (Å²) in [5.41, 5.74) is 1.58. The lowest BCUT2D eigenvalue weighted by Crippen LogP contribution is -2.45. The molecule has 8 nitrogen and oxygen atoms in total. The SMILES string of the molecule is COc1cc(C(=O)N(C)CC(=O)N2c3ccccc3NC(=O)C[C@@H]2C)ccc1OC(C)C. The van der Waals surface area contributed by atoms with Gasteiger partial charge in [0.25, 0.3) is 5.91 Å². The summed E-state index contributed by atoms with van der Waals surface area (Å²) in [6.07, 6.45) is 0.137. The zero-order valence-corrected chi connectivity index (χ0v) is 19.0. The predicted octanol–water partition coefficient (Wildman–Crippen LogP) is 3.32. The molecule has 0 unspecified atom stereocenters. The van der Waals surface area contributed by atoms with Gasteiger partial charge in [0.2, 0.25) is 11.8 Å². The van der Waals surface area contributed by atoms with Crippen LogP contribution in [0.15, 0.2) is 42.5 Å². The number of carbonyl (C=O) groups is 3. The van der Waals surface area contributed by atoms with Crippen molar-refractivity contribution in [1.29, 1.82) is 0 Å². The largest absolute Gasteiger partial charge is 0.493 e. The second-order valence-electron chi connectivity index (χ2n) is 8.08. The van der Waals surface area contributed by atoms with Gasteiger partial charge in [0.15, 0.2) is 11.5 Å². The molecule has 1 aliphatic heterocycles. The third-order valence-electron chi connectivity index (χ3n) is 5.12. The number of likely N-dealkylation sites (N-methyl/N-ethyl adjacent to an activating group) is 1. The Hall–Kier alpha value is -3.55. The van der Waals surface area contributed by atoms with Crippen molar-refractivity contribution in [3.63, 3.8) is 0 Å². The van der Waals surface area contributed by atoms with Gasteiger partial charge in [-0.15, -0.1) is 0 Å². The number of anilines is 2. The molecule has 2 aromatic carbocycles. The van der Waals surface area contributed by atoms with Gasteiger partial charge in [-0.1, -0.05) is 12.1 Å². The van der Waals surface area contributed by atoms with E-state index in [2.05, 4.69) is 5.32 Å². The molecule has 2 aromatic rings.